The summed E-state index contributed by atoms with van der Waals surface area (Å²) in [4.78, 5) is 35.4. The first-order valence-electron chi connectivity index (χ1n) is 8.71. The third-order valence-electron chi connectivity index (χ3n) is 4.78. The van der Waals surface area contributed by atoms with Crippen LogP contribution in [0.2, 0.25) is 0 Å². The Hall–Kier alpha value is -3.29. The van der Waals surface area contributed by atoms with Crippen molar-refractivity contribution in [1.82, 2.24) is 4.90 Å². The van der Waals surface area contributed by atoms with E-state index in [9.17, 15) is 25.0 Å². The van der Waals surface area contributed by atoms with Gasteiger partial charge >= 0.3 is 0 Å². The minimum Gasteiger partial charge on any atom is -0.334 e. The quantitative estimate of drug-likeness (QED) is 0.542. The van der Waals surface area contributed by atoms with Gasteiger partial charge in [0.05, 0.1) is 21.5 Å². The van der Waals surface area contributed by atoms with Crippen molar-refractivity contribution in [2.24, 2.45) is 5.92 Å². The summed E-state index contributed by atoms with van der Waals surface area (Å²) in [6, 6.07) is 12.5. The van der Waals surface area contributed by atoms with E-state index in [1.807, 2.05) is 30.3 Å². The van der Waals surface area contributed by atoms with Crippen LogP contribution in [0.1, 0.15) is 35.2 Å². The average molecular weight is 369 g/mol. The molecule has 8 heteroatoms. The molecule has 0 saturated heterocycles. The van der Waals surface area contributed by atoms with Gasteiger partial charge in [-0.3, -0.25) is 25.0 Å². The minimum absolute atomic E-state index is 0.0360. The predicted molar refractivity (Wildman–Crippen MR) is 98.3 cm³/mol. The molecule has 1 fully saturated rings. The van der Waals surface area contributed by atoms with Gasteiger partial charge in [-0.15, -0.1) is 0 Å². The van der Waals surface area contributed by atoms with E-state index in [1.165, 1.54) is 0 Å². The van der Waals surface area contributed by atoms with Gasteiger partial charge in [0.15, 0.2) is 0 Å². The number of carbonyl (C=O) groups excluding carboxylic acids is 1. The maximum atomic E-state index is 13.1. The number of nitro groups is 2. The van der Waals surface area contributed by atoms with Crippen LogP contribution < -0.4 is 0 Å². The molecule has 8 nitrogen and oxygen atoms in total. The fraction of sp³-hybridized carbons (Fsp3) is 0.316. The van der Waals surface area contributed by atoms with E-state index < -0.39 is 27.1 Å². The number of nitro benzene ring substituents is 2. The van der Waals surface area contributed by atoms with E-state index in [0.29, 0.717) is 19.0 Å². The first kappa shape index (κ1) is 18.5. The summed E-state index contributed by atoms with van der Waals surface area (Å²) in [5, 5.41) is 22.2. The number of non-ortho nitro benzene ring substituents is 2. The molecule has 0 atom stereocenters. The van der Waals surface area contributed by atoms with Crippen LogP contribution in [0.15, 0.2) is 48.5 Å². The van der Waals surface area contributed by atoms with Gasteiger partial charge in [0.2, 0.25) is 0 Å². The fourth-order valence-corrected chi connectivity index (χ4v) is 3.12. The third-order valence-corrected chi connectivity index (χ3v) is 4.78. The summed E-state index contributed by atoms with van der Waals surface area (Å²) in [7, 11) is 0. The second-order valence-electron chi connectivity index (χ2n) is 6.72. The molecule has 2 aromatic rings. The highest BCUT2D eigenvalue weighted by Crippen LogP contribution is 2.29. The monoisotopic (exact) mass is 369 g/mol. The molecule has 0 unspecified atom stereocenters. The zero-order chi connectivity index (χ0) is 19.4. The van der Waals surface area contributed by atoms with Gasteiger partial charge in [-0.25, -0.2) is 0 Å². The molecule has 1 amide bonds. The lowest BCUT2D eigenvalue weighted by Gasteiger charge is -2.32. The van der Waals surface area contributed by atoms with E-state index in [1.54, 1.807) is 4.90 Å². The molecule has 2 aromatic carbocycles. The fourth-order valence-electron chi connectivity index (χ4n) is 3.12. The number of hydrogen-bond acceptors (Lipinski definition) is 5. The van der Waals surface area contributed by atoms with Gasteiger partial charge in [0.1, 0.15) is 0 Å². The minimum atomic E-state index is -0.725. The summed E-state index contributed by atoms with van der Waals surface area (Å²) < 4.78 is 0. The second kappa shape index (κ2) is 7.94. The number of carbonyl (C=O) groups is 1. The average Bonchev–Trinajstić information content (AvgIpc) is 2.63. The Morgan fingerprint density at radius 3 is 2.07 bits per heavy atom. The van der Waals surface area contributed by atoms with Crippen molar-refractivity contribution in [2.45, 2.75) is 25.8 Å². The van der Waals surface area contributed by atoms with Gasteiger partial charge in [0.25, 0.3) is 17.3 Å². The third kappa shape index (κ3) is 4.46. The van der Waals surface area contributed by atoms with Crippen molar-refractivity contribution in [3.8, 4) is 0 Å². The van der Waals surface area contributed by atoms with E-state index in [2.05, 4.69) is 0 Å². The molecule has 0 radical (unpaired) electrons. The maximum absolute atomic E-state index is 13.1. The van der Waals surface area contributed by atoms with Crippen molar-refractivity contribution in [2.75, 3.05) is 6.54 Å². The Balaban J connectivity index is 1.92. The van der Waals surface area contributed by atoms with Gasteiger partial charge in [-0.1, -0.05) is 36.8 Å². The molecule has 0 spiro atoms. The lowest BCUT2D eigenvalue weighted by atomic mass is 9.85. The SMILES string of the molecule is O=C(c1cc([N+](=O)[O-])cc([N+](=O)[O-])c1)N(Cc1ccccc1)CC1CCC1. The van der Waals surface area contributed by atoms with Crippen LogP contribution in [0.5, 0.6) is 0 Å². The van der Waals surface area contributed by atoms with Crippen LogP contribution >= 0.6 is 0 Å². The molecular formula is C19H19N3O5. The molecule has 0 heterocycles. The Morgan fingerprint density at radius 1 is 1.00 bits per heavy atom. The molecular weight excluding hydrogens is 350 g/mol. The standard InChI is InChI=1S/C19H19N3O5/c23-19(16-9-17(21(24)25)11-18(10-16)22(26)27)20(13-15-7-4-8-15)12-14-5-2-1-3-6-14/h1-3,5-6,9-11,15H,4,7-8,12-13H2. The Labute approximate surface area is 155 Å². The number of benzene rings is 2. The van der Waals surface area contributed by atoms with Crippen molar-refractivity contribution < 1.29 is 14.6 Å². The summed E-state index contributed by atoms with van der Waals surface area (Å²) in [5.41, 5.74) is -0.0250. The van der Waals surface area contributed by atoms with Crippen molar-refractivity contribution in [1.29, 1.82) is 0 Å². The van der Waals surface area contributed by atoms with Crippen molar-refractivity contribution in [3.63, 3.8) is 0 Å². The Bertz CT molecular complexity index is 833. The maximum Gasteiger partial charge on any atom is 0.277 e. The van der Waals surface area contributed by atoms with Gasteiger partial charge < -0.3 is 4.90 Å². The van der Waals surface area contributed by atoms with Crippen LogP contribution in [-0.2, 0) is 6.54 Å². The predicted octanol–water partition coefficient (Wildman–Crippen LogP) is 3.95. The van der Waals surface area contributed by atoms with Crippen molar-refractivity contribution in [3.05, 3.63) is 79.9 Å². The first-order valence-corrected chi connectivity index (χ1v) is 8.71. The van der Waals surface area contributed by atoms with Crippen LogP contribution in [0.25, 0.3) is 0 Å². The number of rotatable bonds is 7. The first-order chi connectivity index (χ1) is 12.9. The molecule has 1 saturated carbocycles. The zero-order valence-electron chi connectivity index (χ0n) is 14.6. The molecule has 27 heavy (non-hydrogen) atoms. The van der Waals surface area contributed by atoms with E-state index in [4.69, 9.17) is 0 Å². The molecule has 1 aliphatic rings. The summed E-state index contributed by atoms with van der Waals surface area (Å²) in [5.74, 6) is -0.0381. The van der Waals surface area contributed by atoms with Crippen LogP contribution in [0.3, 0.4) is 0 Å². The Morgan fingerprint density at radius 2 is 1.59 bits per heavy atom. The summed E-state index contributed by atoms with van der Waals surface area (Å²) in [6.45, 7) is 0.886. The molecule has 1 aliphatic carbocycles. The Kier molecular flexibility index (Phi) is 5.44. The van der Waals surface area contributed by atoms with E-state index in [-0.39, 0.29) is 5.56 Å². The highest BCUT2D eigenvalue weighted by atomic mass is 16.6. The molecule has 0 aromatic heterocycles. The molecule has 0 bridgehead atoms. The molecule has 0 aliphatic heterocycles. The van der Waals surface area contributed by atoms with Crippen LogP contribution in [0.4, 0.5) is 11.4 Å². The van der Waals surface area contributed by atoms with Crippen LogP contribution in [-0.4, -0.2) is 27.2 Å². The normalized spacial score (nSPS) is 13.6. The summed E-state index contributed by atoms with van der Waals surface area (Å²) >= 11 is 0. The number of nitrogens with zero attached hydrogens (tertiary/aromatic N) is 3. The lowest BCUT2D eigenvalue weighted by molar-refractivity contribution is -0.394. The zero-order valence-corrected chi connectivity index (χ0v) is 14.6. The van der Waals surface area contributed by atoms with Gasteiger partial charge in [-0.05, 0) is 24.3 Å². The van der Waals surface area contributed by atoms with Crippen LogP contribution in [0, 0.1) is 26.1 Å². The van der Waals surface area contributed by atoms with Gasteiger partial charge in [0, 0.05) is 25.2 Å². The van der Waals surface area contributed by atoms with Crippen molar-refractivity contribution >= 4 is 17.3 Å². The molecule has 0 N–H and O–H groups in total. The number of amides is 1. The molecule has 3 rings (SSSR count). The highest BCUT2D eigenvalue weighted by Gasteiger charge is 2.27. The highest BCUT2D eigenvalue weighted by molar-refractivity contribution is 5.95. The number of hydrogen-bond donors (Lipinski definition) is 0. The van der Waals surface area contributed by atoms with Gasteiger partial charge in [-0.2, -0.15) is 0 Å². The van der Waals surface area contributed by atoms with E-state index in [0.717, 1.165) is 43.0 Å². The smallest absolute Gasteiger partial charge is 0.277 e. The topological polar surface area (TPSA) is 107 Å². The largest absolute Gasteiger partial charge is 0.334 e. The second-order valence-corrected chi connectivity index (χ2v) is 6.72. The lowest BCUT2D eigenvalue weighted by Crippen LogP contribution is -2.37. The molecule has 140 valence electrons. The summed E-state index contributed by atoms with van der Waals surface area (Å²) in [6.07, 6.45) is 3.20. The van der Waals surface area contributed by atoms with E-state index >= 15 is 0 Å².